The molecular weight excluding hydrogens is 256 g/mol. The maximum Gasteiger partial charge on any atom is 0.243 e. The molecule has 0 saturated carbocycles. The van der Waals surface area contributed by atoms with Gasteiger partial charge >= 0.3 is 0 Å². The maximum atomic E-state index is 5.32. The molecule has 3 heterocycles. The number of ether oxygens (including phenoxy) is 1. The van der Waals surface area contributed by atoms with Crippen LogP contribution in [0.2, 0.25) is 0 Å². The van der Waals surface area contributed by atoms with Crippen LogP contribution in [-0.4, -0.2) is 33.7 Å². The van der Waals surface area contributed by atoms with Crippen LogP contribution in [0, 0.1) is 0 Å². The molecule has 3 rings (SSSR count). The van der Waals surface area contributed by atoms with Gasteiger partial charge in [-0.2, -0.15) is 4.98 Å². The third-order valence-electron chi connectivity index (χ3n) is 3.66. The summed E-state index contributed by atoms with van der Waals surface area (Å²) in [5.41, 5.74) is 2.48. The van der Waals surface area contributed by atoms with Crippen molar-refractivity contribution >= 4 is 0 Å². The molecular formula is C14H18N4O2. The van der Waals surface area contributed by atoms with Crippen molar-refractivity contribution < 1.29 is 9.26 Å². The number of rotatable bonds is 4. The Morgan fingerprint density at radius 2 is 2.40 bits per heavy atom. The molecule has 106 valence electrons. The summed E-state index contributed by atoms with van der Waals surface area (Å²) in [5.74, 6) is 1.23. The normalized spacial score (nSPS) is 16.9. The molecule has 2 aromatic heterocycles. The molecule has 0 amide bonds. The Bertz CT molecular complexity index is 584. The van der Waals surface area contributed by atoms with E-state index in [-0.39, 0.29) is 6.04 Å². The fourth-order valence-corrected chi connectivity index (χ4v) is 2.50. The van der Waals surface area contributed by atoms with E-state index in [0.29, 0.717) is 18.3 Å². The molecule has 2 aromatic rings. The van der Waals surface area contributed by atoms with Gasteiger partial charge in [0.15, 0.2) is 5.82 Å². The predicted molar refractivity (Wildman–Crippen MR) is 71.8 cm³/mol. The second-order valence-corrected chi connectivity index (χ2v) is 4.99. The van der Waals surface area contributed by atoms with Gasteiger partial charge in [0.25, 0.3) is 0 Å². The van der Waals surface area contributed by atoms with Crippen LogP contribution in [0.4, 0.5) is 0 Å². The Morgan fingerprint density at radius 1 is 1.50 bits per heavy atom. The summed E-state index contributed by atoms with van der Waals surface area (Å²) in [6, 6.07) is 4.21. The summed E-state index contributed by atoms with van der Waals surface area (Å²) in [7, 11) is 1.62. The lowest BCUT2D eigenvalue weighted by Gasteiger charge is -2.31. The zero-order chi connectivity index (χ0) is 13.9. The highest BCUT2D eigenvalue weighted by Gasteiger charge is 2.25. The molecule has 6 nitrogen and oxygen atoms in total. The third kappa shape index (κ3) is 2.57. The van der Waals surface area contributed by atoms with Crippen LogP contribution < -0.4 is 0 Å². The molecule has 0 aliphatic carbocycles. The second-order valence-electron chi connectivity index (χ2n) is 4.99. The molecule has 0 radical (unpaired) electrons. The van der Waals surface area contributed by atoms with E-state index in [0.717, 1.165) is 19.5 Å². The van der Waals surface area contributed by atoms with E-state index in [1.54, 1.807) is 7.11 Å². The SMILES string of the molecule is COCc1noc(C(C)N2CCc3ncccc3C2)n1. The fraction of sp³-hybridized carbons (Fsp3) is 0.500. The largest absolute Gasteiger partial charge is 0.377 e. The van der Waals surface area contributed by atoms with Crippen molar-refractivity contribution in [1.82, 2.24) is 20.0 Å². The molecule has 1 aliphatic heterocycles. The second kappa shape index (κ2) is 5.68. The quantitative estimate of drug-likeness (QED) is 0.846. The molecule has 0 fully saturated rings. The minimum absolute atomic E-state index is 0.0986. The number of nitrogens with zero attached hydrogens (tertiary/aromatic N) is 4. The van der Waals surface area contributed by atoms with Crippen molar-refractivity contribution in [3.63, 3.8) is 0 Å². The van der Waals surface area contributed by atoms with Gasteiger partial charge in [0, 0.05) is 38.5 Å². The van der Waals surface area contributed by atoms with E-state index in [4.69, 9.17) is 9.26 Å². The van der Waals surface area contributed by atoms with Gasteiger partial charge in [-0.15, -0.1) is 0 Å². The average molecular weight is 274 g/mol. The Balaban J connectivity index is 1.73. The number of hydrogen-bond acceptors (Lipinski definition) is 6. The van der Waals surface area contributed by atoms with Crippen LogP contribution in [0.5, 0.6) is 0 Å². The molecule has 6 heteroatoms. The Hall–Kier alpha value is -1.79. The highest BCUT2D eigenvalue weighted by Crippen LogP contribution is 2.25. The van der Waals surface area contributed by atoms with Crippen molar-refractivity contribution in [2.45, 2.75) is 32.5 Å². The van der Waals surface area contributed by atoms with Crippen molar-refractivity contribution in [2.75, 3.05) is 13.7 Å². The van der Waals surface area contributed by atoms with Crippen LogP contribution in [0.25, 0.3) is 0 Å². The van der Waals surface area contributed by atoms with Crippen molar-refractivity contribution in [2.24, 2.45) is 0 Å². The van der Waals surface area contributed by atoms with Gasteiger partial charge in [-0.3, -0.25) is 9.88 Å². The smallest absolute Gasteiger partial charge is 0.243 e. The zero-order valence-corrected chi connectivity index (χ0v) is 11.7. The first-order chi connectivity index (χ1) is 9.78. The molecule has 0 N–H and O–H groups in total. The first-order valence-electron chi connectivity index (χ1n) is 6.76. The highest BCUT2D eigenvalue weighted by atomic mass is 16.5. The van der Waals surface area contributed by atoms with Gasteiger partial charge in [-0.05, 0) is 18.6 Å². The fourth-order valence-electron chi connectivity index (χ4n) is 2.50. The Morgan fingerprint density at radius 3 is 3.25 bits per heavy atom. The van der Waals surface area contributed by atoms with Gasteiger partial charge in [0.1, 0.15) is 6.61 Å². The molecule has 1 atom stereocenters. The standard InChI is InChI=1S/C14H18N4O2/c1-10(14-16-13(9-19-2)17-20-14)18-7-5-12-11(8-18)4-3-6-15-12/h3-4,6,10H,5,7-9H2,1-2H3. The summed E-state index contributed by atoms with van der Waals surface area (Å²) in [6.45, 7) is 4.29. The lowest BCUT2D eigenvalue weighted by Crippen LogP contribution is -2.33. The first kappa shape index (κ1) is 13.2. The lowest BCUT2D eigenvalue weighted by atomic mass is 10.0. The van der Waals surface area contributed by atoms with E-state index >= 15 is 0 Å². The Labute approximate surface area is 117 Å². The summed E-state index contributed by atoms with van der Waals surface area (Å²) >= 11 is 0. The molecule has 1 aliphatic rings. The lowest BCUT2D eigenvalue weighted by molar-refractivity contribution is 0.156. The van der Waals surface area contributed by atoms with Gasteiger partial charge in [0.2, 0.25) is 5.89 Å². The zero-order valence-electron chi connectivity index (χ0n) is 11.7. The molecule has 0 saturated heterocycles. The van der Waals surface area contributed by atoms with Gasteiger partial charge in [-0.1, -0.05) is 11.2 Å². The van der Waals surface area contributed by atoms with Crippen LogP contribution in [0.1, 0.15) is 35.9 Å². The topological polar surface area (TPSA) is 64.3 Å². The van der Waals surface area contributed by atoms with Crippen LogP contribution >= 0.6 is 0 Å². The molecule has 0 bridgehead atoms. The minimum Gasteiger partial charge on any atom is -0.377 e. The predicted octanol–water partition coefficient (Wildman–Crippen LogP) is 1.73. The highest BCUT2D eigenvalue weighted by molar-refractivity contribution is 5.22. The van der Waals surface area contributed by atoms with Crippen LogP contribution in [0.3, 0.4) is 0 Å². The maximum absolute atomic E-state index is 5.32. The molecule has 20 heavy (non-hydrogen) atoms. The number of hydrogen-bond donors (Lipinski definition) is 0. The molecule has 1 unspecified atom stereocenters. The summed E-state index contributed by atoms with van der Waals surface area (Å²) in [5, 5.41) is 3.92. The summed E-state index contributed by atoms with van der Waals surface area (Å²) in [6.07, 6.45) is 2.81. The number of pyridine rings is 1. The van der Waals surface area contributed by atoms with E-state index in [2.05, 4.69) is 33.0 Å². The monoisotopic (exact) mass is 274 g/mol. The Kier molecular flexibility index (Phi) is 3.75. The number of aromatic nitrogens is 3. The molecule has 0 spiro atoms. The summed E-state index contributed by atoms with van der Waals surface area (Å²) < 4.78 is 10.3. The van der Waals surface area contributed by atoms with E-state index in [9.17, 15) is 0 Å². The van der Waals surface area contributed by atoms with Crippen molar-refractivity contribution in [1.29, 1.82) is 0 Å². The summed E-state index contributed by atoms with van der Waals surface area (Å²) in [4.78, 5) is 11.1. The van der Waals surface area contributed by atoms with Crippen molar-refractivity contribution in [3.05, 3.63) is 41.3 Å². The van der Waals surface area contributed by atoms with E-state index < -0.39 is 0 Å². The van der Waals surface area contributed by atoms with Gasteiger partial charge in [0.05, 0.1) is 6.04 Å². The van der Waals surface area contributed by atoms with E-state index in [1.165, 1.54) is 11.3 Å². The van der Waals surface area contributed by atoms with Crippen LogP contribution in [0.15, 0.2) is 22.9 Å². The van der Waals surface area contributed by atoms with E-state index in [1.807, 2.05) is 12.3 Å². The first-order valence-corrected chi connectivity index (χ1v) is 6.76. The molecule has 0 aromatic carbocycles. The van der Waals surface area contributed by atoms with Gasteiger partial charge < -0.3 is 9.26 Å². The van der Waals surface area contributed by atoms with Gasteiger partial charge in [-0.25, -0.2) is 0 Å². The minimum atomic E-state index is 0.0986. The van der Waals surface area contributed by atoms with Crippen LogP contribution in [-0.2, 0) is 24.3 Å². The van der Waals surface area contributed by atoms with Crippen molar-refractivity contribution in [3.8, 4) is 0 Å². The average Bonchev–Trinajstić information content (AvgIpc) is 2.95. The number of methoxy groups -OCH3 is 1. The third-order valence-corrected chi connectivity index (χ3v) is 3.66. The number of fused-ring (bicyclic) bond motifs is 1.